The van der Waals surface area contributed by atoms with Crippen molar-refractivity contribution in [2.24, 2.45) is 0 Å². The van der Waals surface area contributed by atoms with E-state index >= 15 is 0 Å². The van der Waals surface area contributed by atoms with Crippen LogP contribution < -0.4 is 14.4 Å². The van der Waals surface area contributed by atoms with E-state index in [0.29, 0.717) is 27.0 Å². The molecule has 2 aromatic carbocycles. The molecule has 0 radical (unpaired) electrons. The fourth-order valence-electron chi connectivity index (χ4n) is 4.64. The predicted octanol–water partition coefficient (Wildman–Crippen LogP) is 5.68. The Morgan fingerprint density at radius 1 is 1.08 bits per heavy atom. The largest absolute Gasteiger partial charge is 0.495 e. The summed E-state index contributed by atoms with van der Waals surface area (Å²) in [6, 6.07) is 9.07. The number of amides is 2. The second-order valence-corrected chi connectivity index (χ2v) is 12.8. The number of nitrogens with zero attached hydrogens (tertiary/aromatic N) is 2. The Balaban J connectivity index is 1.77. The van der Waals surface area contributed by atoms with Crippen LogP contribution in [0.1, 0.15) is 51.0 Å². The van der Waals surface area contributed by atoms with Gasteiger partial charge in [0, 0.05) is 41.2 Å². The van der Waals surface area contributed by atoms with E-state index in [4.69, 9.17) is 39.5 Å². The van der Waals surface area contributed by atoms with E-state index in [1.54, 1.807) is 37.3 Å². The van der Waals surface area contributed by atoms with Crippen LogP contribution in [-0.4, -0.2) is 57.1 Å². The van der Waals surface area contributed by atoms with Crippen LogP contribution in [0.4, 0.5) is 5.69 Å². The smallest absolute Gasteiger partial charge is 0.242 e. The van der Waals surface area contributed by atoms with Crippen molar-refractivity contribution in [3.8, 4) is 5.75 Å². The molecular weight excluding hydrogens is 585 g/mol. The van der Waals surface area contributed by atoms with E-state index in [0.717, 1.165) is 31.9 Å². The van der Waals surface area contributed by atoms with E-state index < -0.39 is 16.1 Å². The molecule has 1 unspecified atom stereocenters. The number of carbonyl (C=O) groups excluding carboxylic acids is 2. The molecule has 1 N–H and O–H groups in total. The van der Waals surface area contributed by atoms with Gasteiger partial charge in [-0.2, -0.15) is 0 Å². The molecule has 1 aliphatic carbocycles. The van der Waals surface area contributed by atoms with Crippen LogP contribution in [0.5, 0.6) is 5.75 Å². The maximum absolute atomic E-state index is 13.5. The summed E-state index contributed by atoms with van der Waals surface area (Å²) in [6.45, 7) is 1.76. The molecule has 3 rings (SSSR count). The van der Waals surface area contributed by atoms with Crippen LogP contribution >= 0.6 is 34.8 Å². The summed E-state index contributed by atoms with van der Waals surface area (Å²) >= 11 is 19.0. The molecule has 1 aliphatic rings. The zero-order valence-corrected chi connectivity index (χ0v) is 25.3. The number of sulfonamides is 1. The first-order chi connectivity index (χ1) is 18.4. The number of methoxy groups -OCH3 is 1. The van der Waals surface area contributed by atoms with Gasteiger partial charge in [-0.05, 0) is 56.5 Å². The molecule has 1 fully saturated rings. The molecule has 0 saturated heterocycles. The van der Waals surface area contributed by atoms with Gasteiger partial charge in [-0.1, -0.05) is 53.7 Å². The maximum atomic E-state index is 13.5. The van der Waals surface area contributed by atoms with Gasteiger partial charge in [0.2, 0.25) is 21.8 Å². The quantitative estimate of drug-likeness (QED) is 0.330. The summed E-state index contributed by atoms with van der Waals surface area (Å²) in [6.07, 6.45) is 5.26. The second kappa shape index (κ2) is 13.9. The number of rotatable bonds is 12. The van der Waals surface area contributed by atoms with Crippen LogP contribution in [0.25, 0.3) is 0 Å². The molecule has 2 aromatic rings. The molecule has 0 spiro atoms. The molecule has 1 atom stereocenters. The number of hydrogen-bond acceptors (Lipinski definition) is 5. The van der Waals surface area contributed by atoms with Gasteiger partial charge >= 0.3 is 0 Å². The summed E-state index contributed by atoms with van der Waals surface area (Å²) in [5.41, 5.74) is 0.903. The Bertz CT molecular complexity index is 1270. The van der Waals surface area contributed by atoms with E-state index in [9.17, 15) is 18.0 Å². The molecule has 2 amide bonds. The normalized spacial score (nSPS) is 14.6. The highest BCUT2D eigenvalue weighted by atomic mass is 35.5. The van der Waals surface area contributed by atoms with Gasteiger partial charge in [0.25, 0.3) is 0 Å². The predicted molar refractivity (Wildman–Crippen MR) is 156 cm³/mol. The Kier molecular flexibility index (Phi) is 11.2. The number of halogens is 3. The molecule has 0 heterocycles. The van der Waals surface area contributed by atoms with Crippen molar-refractivity contribution in [1.29, 1.82) is 0 Å². The van der Waals surface area contributed by atoms with Gasteiger partial charge < -0.3 is 15.0 Å². The zero-order valence-electron chi connectivity index (χ0n) is 22.3. The average Bonchev–Trinajstić information content (AvgIpc) is 3.38. The van der Waals surface area contributed by atoms with E-state index in [1.807, 2.05) is 0 Å². The first-order valence-corrected chi connectivity index (χ1v) is 15.7. The topological polar surface area (TPSA) is 96.0 Å². The highest BCUT2D eigenvalue weighted by Gasteiger charge is 2.29. The van der Waals surface area contributed by atoms with Crippen molar-refractivity contribution in [3.05, 3.63) is 57.0 Å². The standard InChI is InChI=1S/C27H34Cl3N3O5S/c1-18(27(35)31-19-8-4-5-9-19)32(17-21-22(28)10-6-11-23(21)29)26(34)12-7-15-33(39(3,36)37)20-13-14-25(38-2)24(30)16-20/h6,10-11,13-14,16,18-19H,4-5,7-9,12,15,17H2,1-3H3,(H,31,35). The minimum absolute atomic E-state index is 0.000965. The number of benzene rings is 2. The SMILES string of the molecule is COc1ccc(N(CCCC(=O)N(Cc2c(Cl)cccc2Cl)C(C)C(=O)NC2CCCC2)S(C)(=O)=O)cc1Cl. The fraction of sp³-hybridized carbons (Fsp3) is 0.481. The first kappa shape index (κ1) is 31.3. The van der Waals surface area contributed by atoms with Crippen molar-refractivity contribution in [2.75, 3.05) is 24.2 Å². The molecule has 0 aliphatic heterocycles. The minimum atomic E-state index is -3.67. The lowest BCUT2D eigenvalue weighted by atomic mass is 10.1. The lowest BCUT2D eigenvalue weighted by Gasteiger charge is -2.31. The maximum Gasteiger partial charge on any atom is 0.242 e. The molecule has 8 nitrogen and oxygen atoms in total. The Morgan fingerprint density at radius 2 is 1.72 bits per heavy atom. The summed E-state index contributed by atoms with van der Waals surface area (Å²) in [5, 5.41) is 4.10. The third-order valence-corrected chi connectivity index (χ3v) is 9.03. The first-order valence-electron chi connectivity index (χ1n) is 12.8. The monoisotopic (exact) mass is 617 g/mol. The molecule has 0 aromatic heterocycles. The number of anilines is 1. The summed E-state index contributed by atoms with van der Waals surface area (Å²) in [7, 11) is -2.20. The molecular formula is C27H34Cl3N3O5S. The highest BCUT2D eigenvalue weighted by Crippen LogP contribution is 2.31. The Hall–Kier alpha value is -2.20. The number of nitrogens with one attached hydrogen (secondary N) is 1. The third-order valence-electron chi connectivity index (χ3n) is 6.83. The van der Waals surface area contributed by atoms with Crippen LogP contribution in [0, 0.1) is 0 Å². The molecule has 39 heavy (non-hydrogen) atoms. The highest BCUT2D eigenvalue weighted by molar-refractivity contribution is 7.92. The number of hydrogen-bond donors (Lipinski definition) is 1. The van der Waals surface area contributed by atoms with E-state index in [2.05, 4.69) is 5.32 Å². The number of carbonyl (C=O) groups is 2. The lowest BCUT2D eigenvalue weighted by Crippen LogP contribution is -2.49. The minimum Gasteiger partial charge on any atom is -0.495 e. The van der Waals surface area contributed by atoms with Crippen LogP contribution in [-0.2, 0) is 26.2 Å². The summed E-state index contributed by atoms with van der Waals surface area (Å²) < 4.78 is 31.5. The molecule has 1 saturated carbocycles. The molecule has 0 bridgehead atoms. The van der Waals surface area contributed by atoms with Gasteiger partial charge in [0.05, 0.1) is 24.1 Å². The zero-order chi connectivity index (χ0) is 28.7. The molecule has 12 heteroatoms. The van der Waals surface area contributed by atoms with Gasteiger partial charge in [0.1, 0.15) is 11.8 Å². The van der Waals surface area contributed by atoms with Crippen LogP contribution in [0.3, 0.4) is 0 Å². The van der Waals surface area contributed by atoms with Crippen molar-refractivity contribution in [3.63, 3.8) is 0 Å². The number of ether oxygens (including phenoxy) is 1. The fourth-order valence-corrected chi connectivity index (χ4v) is 6.37. The van der Waals surface area contributed by atoms with Crippen molar-refractivity contribution >= 4 is 62.3 Å². The molecule has 214 valence electrons. The van der Waals surface area contributed by atoms with Crippen molar-refractivity contribution in [2.45, 2.75) is 64.1 Å². The van der Waals surface area contributed by atoms with Crippen LogP contribution in [0.2, 0.25) is 15.1 Å². The lowest BCUT2D eigenvalue weighted by molar-refractivity contribution is -0.140. The van der Waals surface area contributed by atoms with E-state index in [1.165, 1.54) is 22.4 Å². The van der Waals surface area contributed by atoms with Gasteiger partial charge in [0.15, 0.2) is 0 Å². The Labute approximate surface area is 245 Å². The van der Waals surface area contributed by atoms with Crippen molar-refractivity contribution < 1.29 is 22.7 Å². The van der Waals surface area contributed by atoms with Gasteiger partial charge in [-0.25, -0.2) is 8.42 Å². The van der Waals surface area contributed by atoms with Gasteiger partial charge in [-0.15, -0.1) is 0 Å². The van der Waals surface area contributed by atoms with Crippen molar-refractivity contribution in [1.82, 2.24) is 10.2 Å². The van der Waals surface area contributed by atoms with Gasteiger partial charge in [-0.3, -0.25) is 13.9 Å². The van der Waals surface area contributed by atoms with E-state index in [-0.39, 0.29) is 48.8 Å². The average molecular weight is 619 g/mol. The Morgan fingerprint density at radius 3 is 2.28 bits per heavy atom. The third kappa shape index (κ3) is 8.39. The summed E-state index contributed by atoms with van der Waals surface area (Å²) in [5.74, 6) is -0.145. The van der Waals surface area contributed by atoms with Crippen LogP contribution in [0.15, 0.2) is 36.4 Å². The summed E-state index contributed by atoms with van der Waals surface area (Å²) in [4.78, 5) is 28.1. The second-order valence-electron chi connectivity index (χ2n) is 9.65.